The smallest absolute Gasteiger partial charge is 0.123 e. The topological polar surface area (TPSA) is 24.9 Å². The molecule has 0 radical (unpaired) electrons. The summed E-state index contributed by atoms with van der Waals surface area (Å²) in [6.45, 7) is 7.06. The Morgan fingerprint density at radius 1 is 1.19 bits per heavy atom. The predicted molar refractivity (Wildman–Crippen MR) is 84.8 cm³/mol. The zero-order valence-corrected chi connectivity index (χ0v) is 13.0. The summed E-state index contributed by atoms with van der Waals surface area (Å²) in [6.07, 6.45) is 1.90. The number of pyridine rings is 1. The highest BCUT2D eigenvalue weighted by Gasteiger charge is 2.14. The van der Waals surface area contributed by atoms with Crippen LogP contribution < -0.4 is 5.32 Å². The molecule has 1 aromatic heterocycles. The van der Waals surface area contributed by atoms with Crippen LogP contribution in [0.2, 0.25) is 0 Å². The Bertz CT molecular complexity index is 596. The summed E-state index contributed by atoms with van der Waals surface area (Å²) in [5.41, 5.74) is 4.22. The fourth-order valence-corrected chi connectivity index (χ4v) is 2.47. The van der Waals surface area contributed by atoms with Crippen LogP contribution in [0.3, 0.4) is 0 Å². The number of halogens is 1. The molecule has 1 unspecified atom stereocenters. The number of benzene rings is 1. The number of nitrogens with zero attached hydrogens (tertiary/aromatic N) is 1. The Morgan fingerprint density at radius 2 is 2.00 bits per heavy atom. The molecule has 0 aliphatic carbocycles. The minimum atomic E-state index is -0.178. The molecule has 1 heterocycles. The van der Waals surface area contributed by atoms with E-state index in [-0.39, 0.29) is 11.9 Å². The van der Waals surface area contributed by atoms with E-state index in [1.807, 2.05) is 32.0 Å². The van der Waals surface area contributed by atoms with E-state index in [9.17, 15) is 4.39 Å². The lowest BCUT2D eigenvalue weighted by molar-refractivity contribution is 0.515. The molecule has 0 aliphatic heterocycles. The molecule has 0 aliphatic rings. The van der Waals surface area contributed by atoms with Gasteiger partial charge in [0.2, 0.25) is 0 Å². The van der Waals surface area contributed by atoms with E-state index >= 15 is 0 Å². The second-order valence-electron chi connectivity index (χ2n) is 5.49. The number of hydrogen-bond acceptors (Lipinski definition) is 2. The number of rotatable bonds is 6. The molecular weight excluding hydrogens is 263 g/mol. The van der Waals surface area contributed by atoms with Crippen molar-refractivity contribution in [1.82, 2.24) is 10.3 Å². The lowest BCUT2D eigenvalue weighted by Gasteiger charge is -2.19. The third-order valence-electron chi connectivity index (χ3n) is 3.64. The molecule has 2 nitrogen and oxygen atoms in total. The molecule has 0 saturated heterocycles. The first-order valence-electron chi connectivity index (χ1n) is 7.52. The molecule has 1 N–H and O–H groups in total. The largest absolute Gasteiger partial charge is 0.308 e. The van der Waals surface area contributed by atoms with Crippen molar-refractivity contribution >= 4 is 0 Å². The first kappa shape index (κ1) is 15.6. The van der Waals surface area contributed by atoms with Gasteiger partial charge in [-0.05, 0) is 68.6 Å². The van der Waals surface area contributed by atoms with E-state index in [0.29, 0.717) is 0 Å². The highest BCUT2D eigenvalue weighted by molar-refractivity contribution is 5.28. The Kier molecular flexibility index (Phi) is 5.45. The SMILES string of the molecule is CCCNC(Cc1ccc(F)cc1C)c1cccc(C)n1. The Morgan fingerprint density at radius 3 is 2.67 bits per heavy atom. The highest BCUT2D eigenvalue weighted by atomic mass is 19.1. The standard InChI is InChI=1S/C18H23FN2/c1-4-10-20-18(17-7-5-6-14(3)21-17)12-15-8-9-16(19)11-13(15)2/h5-9,11,18,20H,4,10,12H2,1-3H3. The van der Waals surface area contributed by atoms with Gasteiger partial charge in [-0.25, -0.2) is 4.39 Å². The average Bonchev–Trinajstić information content (AvgIpc) is 2.45. The highest BCUT2D eigenvalue weighted by Crippen LogP contribution is 2.20. The van der Waals surface area contributed by atoms with E-state index in [1.54, 1.807) is 6.07 Å². The van der Waals surface area contributed by atoms with Gasteiger partial charge in [0.1, 0.15) is 5.82 Å². The zero-order chi connectivity index (χ0) is 15.2. The quantitative estimate of drug-likeness (QED) is 0.864. The minimum absolute atomic E-state index is 0.161. The van der Waals surface area contributed by atoms with Crippen LogP contribution in [0, 0.1) is 19.7 Å². The third-order valence-corrected chi connectivity index (χ3v) is 3.64. The van der Waals surface area contributed by atoms with Crippen molar-refractivity contribution in [3.63, 3.8) is 0 Å². The zero-order valence-electron chi connectivity index (χ0n) is 13.0. The Balaban J connectivity index is 2.23. The van der Waals surface area contributed by atoms with E-state index in [2.05, 4.69) is 23.3 Å². The Labute approximate surface area is 126 Å². The van der Waals surface area contributed by atoms with Crippen LogP contribution in [-0.2, 0) is 6.42 Å². The molecule has 112 valence electrons. The fraction of sp³-hybridized carbons (Fsp3) is 0.389. The van der Waals surface area contributed by atoms with Crippen LogP contribution in [0.25, 0.3) is 0 Å². The minimum Gasteiger partial charge on any atom is -0.308 e. The first-order valence-corrected chi connectivity index (χ1v) is 7.52. The molecular formula is C18H23FN2. The number of aromatic nitrogens is 1. The molecule has 0 amide bonds. The number of nitrogens with one attached hydrogen (secondary N) is 1. The number of aryl methyl sites for hydroxylation is 2. The van der Waals surface area contributed by atoms with Crippen LogP contribution in [0.1, 0.15) is 41.9 Å². The van der Waals surface area contributed by atoms with Crippen molar-refractivity contribution in [2.75, 3.05) is 6.54 Å². The van der Waals surface area contributed by atoms with Crippen molar-refractivity contribution in [2.45, 2.75) is 39.7 Å². The normalized spacial score (nSPS) is 12.4. The van der Waals surface area contributed by atoms with Gasteiger partial charge in [0, 0.05) is 5.69 Å². The molecule has 0 fully saturated rings. The summed E-state index contributed by atoms with van der Waals surface area (Å²) in [7, 11) is 0. The van der Waals surface area contributed by atoms with Crippen molar-refractivity contribution in [1.29, 1.82) is 0 Å². The van der Waals surface area contributed by atoms with E-state index in [4.69, 9.17) is 0 Å². The van der Waals surface area contributed by atoms with Crippen LogP contribution in [-0.4, -0.2) is 11.5 Å². The molecule has 1 aromatic carbocycles. The predicted octanol–water partition coefficient (Wildman–Crippen LogP) is 4.12. The van der Waals surface area contributed by atoms with Crippen molar-refractivity contribution in [3.05, 3.63) is 64.7 Å². The van der Waals surface area contributed by atoms with Gasteiger partial charge in [0.15, 0.2) is 0 Å². The molecule has 0 spiro atoms. The first-order chi connectivity index (χ1) is 10.1. The molecule has 2 rings (SSSR count). The summed E-state index contributed by atoms with van der Waals surface area (Å²) in [4.78, 5) is 4.63. The molecule has 3 heteroatoms. The van der Waals surface area contributed by atoms with Gasteiger partial charge in [0.25, 0.3) is 0 Å². The van der Waals surface area contributed by atoms with Gasteiger partial charge < -0.3 is 5.32 Å². The lowest BCUT2D eigenvalue weighted by atomic mass is 9.98. The fourth-order valence-electron chi connectivity index (χ4n) is 2.47. The van der Waals surface area contributed by atoms with Gasteiger partial charge >= 0.3 is 0 Å². The second kappa shape index (κ2) is 7.32. The summed E-state index contributed by atoms with van der Waals surface area (Å²) >= 11 is 0. The summed E-state index contributed by atoms with van der Waals surface area (Å²) < 4.78 is 13.2. The van der Waals surface area contributed by atoms with Crippen molar-refractivity contribution in [3.8, 4) is 0 Å². The van der Waals surface area contributed by atoms with E-state index < -0.39 is 0 Å². The van der Waals surface area contributed by atoms with Crippen LogP contribution in [0.4, 0.5) is 4.39 Å². The summed E-state index contributed by atoms with van der Waals surface area (Å²) in [5.74, 6) is -0.178. The molecule has 0 bridgehead atoms. The van der Waals surface area contributed by atoms with Crippen molar-refractivity contribution in [2.24, 2.45) is 0 Å². The average molecular weight is 286 g/mol. The third kappa shape index (κ3) is 4.36. The van der Waals surface area contributed by atoms with Gasteiger partial charge in [-0.3, -0.25) is 4.98 Å². The van der Waals surface area contributed by atoms with Gasteiger partial charge in [-0.2, -0.15) is 0 Å². The lowest BCUT2D eigenvalue weighted by Crippen LogP contribution is -2.25. The summed E-state index contributed by atoms with van der Waals surface area (Å²) in [5, 5.41) is 3.55. The van der Waals surface area contributed by atoms with Crippen molar-refractivity contribution < 1.29 is 4.39 Å². The van der Waals surface area contributed by atoms with Gasteiger partial charge in [-0.1, -0.05) is 19.1 Å². The van der Waals surface area contributed by atoms with Crippen LogP contribution in [0.15, 0.2) is 36.4 Å². The maximum Gasteiger partial charge on any atom is 0.123 e. The monoisotopic (exact) mass is 286 g/mol. The maximum atomic E-state index is 13.2. The number of hydrogen-bond donors (Lipinski definition) is 1. The molecule has 1 atom stereocenters. The Hall–Kier alpha value is -1.74. The van der Waals surface area contributed by atoms with E-state index in [1.165, 1.54) is 6.07 Å². The molecule has 0 saturated carbocycles. The summed E-state index contributed by atoms with van der Waals surface area (Å²) in [6, 6.07) is 11.3. The van der Waals surface area contributed by atoms with Gasteiger partial charge in [0.05, 0.1) is 11.7 Å². The van der Waals surface area contributed by atoms with Crippen LogP contribution in [0.5, 0.6) is 0 Å². The second-order valence-corrected chi connectivity index (χ2v) is 5.49. The van der Waals surface area contributed by atoms with Gasteiger partial charge in [-0.15, -0.1) is 0 Å². The molecule has 2 aromatic rings. The maximum absolute atomic E-state index is 13.2. The molecule has 21 heavy (non-hydrogen) atoms. The van der Waals surface area contributed by atoms with Crippen LogP contribution >= 0.6 is 0 Å². The van der Waals surface area contributed by atoms with E-state index in [0.717, 1.165) is 41.9 Å².